The second-order valence-corrected chi connectivity index (χ2v) is 11.3. The molecular weight excluding hydrogens is 564 g/mol. The molecule has 216 valence electrons. The Morgan fingerprint density at radius 2 is 1.02 bits per heavy atom. The number of rotatable bonds is 5. The zero-order valence-electron chi connectivity index (χ0n) is 24.7. The van der Waals surface area contributed by atoms with Crippen molar-refractivity contribution in [3.63, 3.8) is 0 Å². The summed E-state index contributed by atoms with van der Waals surface area (Å²) in [6.45, 7) is 0. The Morgan fingerprint density at radius 3 is 1.78 bits per heavy atom. The second-order valence-electron chi connectivity index (χ2n) is 11.3. The van der Waals surface area contributed by atoms with Crippen LogP contribution in [-0.2, 0) is 0 Å². The van der Waals surface area contributed by atoms with Crippen LogP contribution in [0.5, 0.6) is 0 Å². The van der Waals surface area contributed by atoms with Gasteiger partial charge in [-0.05, 0) is 47.5 Å². The van der Waals surface area contributed by atoms with E-state index in [0.717, 1.165) is 60.7 Å². The van der Waals surface area contributed by atoms with E-state index in [-0.39, 0.29) is 0 Å². The highest BCUT2D eigenvalue weighted by Crippen LogP contribution is 2.38. The predicted molar refractivity (Wildman–Crippen MR) is 186 cm³/mol. The van der Waals surface area contributed by atoms with E-state index in [2.05, 4.69) is 114 Å². The molecule has 0 aliphatic rings. The summed E-state index contributed by atoms with van der Waals surface area (Å²) in [7, 11) is 0. The van der Waals surface area contributed by atoms with Gasteiger partial charge in [0.05, 0.1) is 22.7 Å². The van der Waals surface area contributed by atoms with Crippen LogP contribution in [0.25, 0.3) is 83.8 Å². The van der Waals surface area contributed by atoms with Crippen LogP contribution in [0.1, 0.15) is 0 Å². The normalized spacial score (nSPS) is 11.5. The summed E-state index contributed by atoms with van der Waals surface area (Å²) in [6, 6.07) is 52.1. The Hall–Kier alpha value is -6.33. The van der Waals surface area contributed by atoms with Gasteiger partial charge in [-0.2, -0.15) is 0 Å². The maximum absolute atomic E-state index is 5.98. The lowest BCUT2D eigenvalue weighted by molar-refractivity contribution is 0.619. The topological polar surface area (TPSA) is 56.7 Å². The zero-order chi connectivity index (χ0) is 30.5. The Labute approximate surface area is 265 Å². The molecule has 0 bridgehead atoms. The minimum absolute atomic E-state index is 0.618. The molecule has 0 spiro atoms. The highest BCUT2D eigenvalue weighted by molar-refractivity contribution is 6.19. The van der Waals surface area contributed by atoms with Gasteiger partial charge in [0.25, 0.3) is 0 Å². The molecule has 46 heavy (non-hydrogen) atoms. The van der Waals surface area contributed by atoms with E-state index in [1.807, 2.05) is 42.5 Å². The summed E-state index contributed by atoms with van der Waals surface area (Å²) >= 11 is 0. The van der Waals surface area contributed by atoms with Crippen molar-refractivity contribution >= 4 is 32.8 Å². The highest BCUT2D eigenvalue weighted by atomic mass is 16.3. The van der Waals surface area contributed by atoms with E-state index < -0.39 is 0 Å². The van der Waals surface area contributed by atoms with Gasteiger partial charge in [0.2, 0.25) is 0 Å². The number of hydrogen-bond donors (Lipinski definition) is 0. The molecule has 0 radical (unpaired) electrons. The van der Waals surface area contributed by atoms with Crippen LogP contribution in [0.3, 0.4) is 0 Å². The molecule has 0 aliphatic carbocycles. The second kappa shape index (κ2) is 10.7. The highest BCUT2D eigenvalue weighted by Gasteiger charge is 2.18. The van der Waals surface area contributed by atoms with Gasteiger partial charge in [0.1, 0.15) is 5.58 Å². The molecule has 9 aromatic rings. The number of aromatic nitrogens is 4. The number of para-hydroxylation sites is 1. The van der Waals surface area contributed by atoms with Crippen LogP contribution in [0.4, 0.5) is 0 Å². The third-order valence-corrected chi connectivity index (χ3v) is 8.54. The van der Waals surface area contributed by atoms with Crippen molar-refractivity contribution in [3.8, 4) is 51.0 Å². The van der Waals surface area contributed by atoms with E-state index in [1.165, 1.54) is 5.56 Å². The van der Waals surface area contributed by atoms with Crippen molar-refractivity contribution in [3.05, 3.63) is 158 Å². The fourth-order valence-electron chi connectivity index (χ4n) is 6.33. The van der Waals surface area contributed by atoms with Gasteiger partial charge in [0, 0.05) is 33.2 Å². The van der Waals surface area contributed by atoms with E-state index in [4.69, 9.17) is 19.4 Å². The molecule has 5 heteroatoms. The van der Waals surface area contributed by atoms with Crippen LogP contribution in [0.15, 0.2) is 162 Å². The lowest BCUT2D eigenvalue weighted by Gasteiger charge is -2.12. The van der Waals surface area contributed by atoms with Gasteiger partial charge < -0.3 is 8.98 Å². The number of fused-ring (bicyclic) bond motifs is 5. The molecule has 5 nitrogen and oxygen atoms in total. The number of nitrogens with zero attached hydrogens (tertiary/aromatic N) is 4. The maximum atomic E-state index is 5.98. The molecule has 3 heterocycles. The lowest BCUT2D eigenvalue weighted by atomic mass is 10.0. The molecule has 0 amide bonds. The molecule has 6 aromatic carbocycles. The summed E-state index contributed by atoms with van der Waals surface area (Å²) in [4.78, 5) is 15.0. The molecule has 3 aromatic heterocycles. The van der Waals surface area contributed by atoms with Crippen molar-refractivity contribution in [2.24, 2.45) is 0 Å². The first-order valence-corrected chi connectivity index (χ1v) is 15.3. The molecule has 0 fully saturated rings. The maximum Gasteiger partial charge on any atom is 0.164 e. The predicted octanol–water partition coefficient (Wildman–Crippen LogP) is 10.4. The van der Waals surface area contributed by atoms with Crippen LogP contribution in [0, 0.1) is 0 Å². The molecule has 9 rings (SSSR count). The SMILES string of the molecule is c1ccc(-c2ccc(-c3nc(-c4ccccc4)nc(-c4cccc(-n5c6ccccc6c6c7occc7ccc65)c4)n3)cc2)cc1. The fourth-order valence-corrected chi connectivity index (χ4v) is 6.33. The van der Waals surface area contributed by atoms with Crippen molar-refractivity contribution in [1.29, 1.82) is 0 Å². The minimum Gasteiger partial charge on any atom is -0.464 e. The van der Waals surface area contributed by atoms with Crippen molar-refractivity contribution < 1.29 is 4.42 Å². The first kappa shape index (κ1) is 26.1. The summed E-state index contributed by atoms with van der Waals surface area (Å²) in [6.07, 6.45) is 1.76. The first-order chi connectivity index (χ1) is 22.8. The van der Waals surface area contributed by atoms with E-state index in [1.54, 1.807) is 6.26 Å². The Bertz CT molecular complexity index is 2510. The van der Waals surface area contributed by atoms with Crippen LogP contribution in [-0.4, -0.2) is 19.5 Å². The van der Waals surface area contributed by atoms with E-state index in [0.29, 0.717) is 17.5 Å². The van der Waals surface area contributed by atoms with Crippen LogP contribution in [0.2, 0.25) is 0 Å². The number of benzene rings is 6. The molecular formula is C41H26N4O. The van der Waals surface area contributed by atoms with Crippen LogP contribution < -0.4 is 0 Å². The van der Waals surface area contributed by atoms with Gasteiger partial charge in [-0.3, -0.25) is 0 Å². The third-order valence-electron chi connectivity index (χ3n) is 8.54. The quantitative estimate of drug-likeness (QED) is 0.200. The van der Waals surface area contributed by atoms with E-state index >= 15 is 0 Å². The Balaban J connectivity index is 1.21. The van der Waals surface area contributed by atoms with Gasteiger partial charge in [-0.1, -0.05) is 115 Å². The summed E-state index contributed by atoms with van der Waals surface area (Å²) in [5.41, 5.74) is 9.21. The average Bonchev–Trinajstić information content (AvgIpc) is 3.75. The summed E-state index contributed by atoms with van der Waals surface area (Å²) in [5.74, 6) is 1.88. The Morgan fingerprint density at radius 1 is 0.435 bits per heavy atom. The molecule has 0 unspecified atom stereocenters. The standard InChI is InChI=1S/C41H26N4O/c1-3-10-27(11-4-1)28-18-20-31(21-19-28)40-42-39(30-12-5-2-6-13-30)43-41(44-40)32-14-9-15-33(26-32)45-35-17-8-7-16-34(35)37-36(45)23-22-29-24-25-46-38(29)37/h1-26H. The van der Waals surface area contributed by atoms with Crippen molar-refractivity contribution in [2.75, 3.05) is 0 Å². The number of hydrogen-bond acceptors (Lipinski definition) is 4. The monoisotopic (exact) mass is 590 g/mol. The van der Waals surface area contributed by atoms with Crippen LogP contribution >= 0.6 is 0 Å². The van der Waals surface area contributed by atoms with Crippen molar-refractivity contribution in [1.82, 2.24) is 19.5 Å². The van der Waals surface area contributed by atoms with Crippen molar-refractivity contribution in [2.45, 2.75) is 0 Å². The molecule has 0 saturated heterocycles. The lowest BCUT2D eigenvalue weighted by Crippen LogP contribution is -2.01. The van der Waals surface area contributed by atoms with Gasteiger partial charge in [-0.15, -0.1) is 0 Å². The van der Waals surface area contributed by atoms with Gasteiger partial charge in [-0.25, -0.2) is 15.0 Å². The fraction of sp³-hybridized carbons (Fsp3) is 0. The Kier molecular flexibility index (Phi) is 6.06. The zero-order valence-corrected chi connectivity index (χ0v) is 24.7. The van der Waals surface area contributed by atoms with Gasteiger partial charge >= 0.3 is 0 Å². The molecule has 0 saturated carbocycles. The third kappa shape index (κ3) is 4.37. The molecule has 0 atom stereocenters. The summed E-state index contributed by atoms with van der Waals surface area (Å²) in [5, 5.41) is 3.35. The summed E-state index contributed by atoms with van der Waals surface area (Å²) < 4.78 is 8.27. The number of furan rings is 1. The van der Waals surface area contributed by atoms with Gasteiger partial charge in [0.15, 0.2) is 17.5 Å². The average molecular weight is 591 g/mol. The molecule has 0 aliphatic heterocycles. The largest absolute Gasteiger partial charge is 0.464 e. The smallest absolute Gasteiger partial charge is 0.164 e. The van der Waals surface area contributed by atoms with E-state index in [9.17, 15) is 0 Å². The minimum atomic E-state index is 0.618. The molecule has 0 N–H and O–H groups in total. The first-order valence-electron chi connectivity index (χ1n) is 15.3.